The molecule has 5 nitrogen and oxygen atoms in total. The van der Waals surface area contributed by atoms with Gasteiger partial charge in [0.2, 0.25) is 5.91 Å². The molecule has 0 spiro atoms. The Morgan fingerprint density at radius 2 is 2.26 bits per heavy atom. The monoisotopic (exact) mass is 266 g/mol. The molecular formula is C13H15FN2O3. The number of benzene rings is 1. The Kier molecular flexibility index (Phi) is 3.69. The van der Waals surface area contributed by atoms with Crippen LogP contribution in [0.2, 0.25) is 0 Å². The van der Waals surface area contributed by atoms with E-state index in [0.717, 1.165) is 12.1 Å². The molecule has 1 heterocycles. The molecule has 1 atom stereocenters. The summed E-state index contributed by atoms with van der Waals surface area (Å²) in [5.74, 6) is -1.67. The fraction of sp³-hybridized carbons (Fsp3) is 0.385. The highest BCUT2D eigenvalue weighted by Gasteiger charge is 2.24. The van der Waals surface area contributed by atoms with E-state index in [2.05, 4.69) is 5.32 Å². The van der Waals surface area contributed by atoms with Gasteiger partial charge in [-0.3, -0.25) is 9.59 Å². The van der Waals surface area contributed by atoms with Gasteiger partial charge in [-0.15, -0.1) is 0 Å². The van der Waals surface area contributed by atoms with Crippen LogP contribution in [0, 0.1) is 5.82 Å². The summed E-state index contributed by atoms with van der Waals surface area (Å²) in [6, 6.07) is 3.35. The van der Waals surface area contributed by atoms with Crippen LogP contribution in [0.3, 0.4) is 0 Å². The second-order valence-electron chi connectivity index (χ2n) is 4.65. The van der Waals surface area contributed by atoms with Crippen molar-refractivity contribution in [3.05, 3.63) is 29.6 Å². The Morgan fingerprint density at radius 3 is 2.89 bits per heavy atom. The Balaban J connectivity index is 2.01. The lowest BCUT2D eigenvalue weighted by molar-refractivity contribution is -0.132. The van der Waals surface area contributed by atoms with Crippen LogP contribution in [0.1, 0.15) is 23.2 Å². The average Bonchev–Trinajstić information content (AvgIpc) is 2.37. The van der Waals surface area contributed by atoms with Crippen LogP contribution in [0.4, 0.5) is 4.39 Å². The Hall–Kier alpha value is -2.11. The van der Waals surface area contributed by atoms with Gasteiger partial charge in [0, 0.05) is 31.6 Å². The zero-order valence-electron chi connectivity index (χ0n) is 10.5. The average molecular weight is 266 g/mol. The maximum atomic E-state index is 13.1. The van der Waals surface area contributed by atoms with Gasteiger partial charge in [0.15, 0.2) is 11.6 Å². The van der Waals surface area contributed by atoms with Crippen molar-refractivity contribution >= 4 is 11.8 Å². The molecule has 0 saturated carbocycles. The molecule has 1 saturated heterocycles. The zero-order chi connectivity index (χ0) is 14.0. The third-order valence-electron chi connectivity index (χ3n) is 3.17. The SMILES string of the molecule is CN1CC(NC(=O)c2ccc(O)c(F)c2)CCC1=O. The Labute approximate surface area is 110 Å². The van der Waals surface area contributed by atoms with Crippen molar-refractivity contribution in [3.8, 4) is 5.75 Å². The summed E-state index contributed by atoms with van der Waals surface area (Å²) in [6.07, 6.45) is 0.973. The number of carbonyl (C=O) groups excluding carboxylic acids is 2. The van der Waals surface area contributed by atoms with Crippen molar-refractivity contribution in [1.29, 1.82) is 0 Å². The number of rotatable bonds is 2. The number of phenolic OH excluding ortho intramolecular Hbond substituents is 1. The summed E-state index contributed by atoms with van der Waals surface area (Å²) in [5.41, 5.74) is 0.148. The second-order valence-corrected chi connectivity index (χ2v) is 4.65. The lowest BCUT2D eigenvalue weighted by Gasteiger charge is -2.30. The molecule has 102 valence electrons. The molecule has 1 unspecified atom stereocenters. The first-order valence-electron chi connectivity index (χ1n) is 6.00. The van der Waals surface area contributed by atoms with Gasteiger partial charge in [-0.1, -0.05) is 0 Å². The lowest BCUT2D eigenvalue weighted by Crippen LogP contribution is -2.48. The van der Waals surface area contributed by atoms with E-state index in [-0.39, 0.29) is 17.5 Å². The van der Waals surface area contributed by atoms with Crippen molar-refractivity contribution in [1.82, 2.24) is 10.2 Å². The van der Waals surface area contributed by atoms with E-state index in [9.17, 15) is 14.0 Å². The third kappa shape index (κ3) is 3.01. The predicted molar refractivity (Wildman–Crippen MR) is 66.2 cm³/mol. The minimum Gasteiger partial charge on any atom is -0.505 e. The van der Waals surface area contributed by atoms with E-state index in [0.29, 0.717) is 19.4 Å². The smallest absolute Gasteiger partial charge is 0.251 e. The van der Waals surface area contributed by atoms with Gasteiger partial charge in [0.05, 0.1) is 0 Å². The fourth-order valence-corrected chi connectivity index (χ4v) is 2.05. The van der Waals surface area contributed by atoms with Gasteiger partial charge in [-0.05, 0) is 24.6 Å². The first kappa shape index (κ1) is 13.3. The van der Waals surface area contributed by atoms with Crippen LogP contribution < -0.4 is 5.32 Å². The summed E-state index contributed by atoms with van der Waals surface area (Å²) in [5, 5.41) is 11.8. The summed E-state index contributed by atoms with van der Waals surface area (Å²) in [6.45, 7) is 0.450. The molecule has 0 aromatic heterocycles. The number of piperidine rings is 1. The first-order valence-corrected chi connectivity index (χ1v) is 6.00. The summed E-state index contributed by atoms with van der Waals surface area (Å²) in [4.78, 5) is 24.8. The molecule has 0 radical (unpaired) electrons. The standard InChI is InChI=1S/C13H15FN2O3/c1-16-7-9(3-5-12(16)18)15-13(19)8-2-4-11(17)10(14)6-8/h2,4,6,9,17H,3,5,7H2,1H3,(H,15,19). The number of phenols is 1. The van der Waals surface area contributed by atoms with Gasteiger partial charge in [0.25, 0.3) is 5.91 Å². The molecule has 1 fully saturated rings. The number of likely N-dealkylation sites (tertiary alicyclic amines) is 1. The quantitative estimate of drug-likeness (QED) is 0.835. The normalized spacial score (nSPS) is 19.4. The molecule has 6 heteroatoms. The predicted octanol–water partition coefficient (Wildman–Crippen LogP) is 0.882. The number of carbonyl (C=O) groups is 2. The minimum absolute atomic E-state index is 0.0566. The van der Waals surface area contributed by atoms with Crippen molar-refractivity contribution in [2.24, 2.45) is 0 Å². The van der Waals surface area contributed by atoms with Crippen LogP contribution in [0.5, 0.6) is 5.75 Å². The van der Waals surface area contributed by atoms with Crippen LogP contribution in [-0.4, -0.2) is 41.5 Å². The number of halogens is 1. The topological polar surface area (TPSA) is 69.6 Å². The first-order chi connectivity index (χ1) is 8.97. The highest BCUT2D eigenvalue weighted by Crippen LogP contribution is 2.17. The van der Waals surface area contributed by atoms with Gasteiger partial charge < -0.3 is 15.3 Å². The maximum Gasteiger partial charge on any atom is 0.251 e. The number of aromatic hydroxyl groups is 1. The largest absolute Gasteiger partial charge is 0.505 e. The molecule has 2 amide bonds. The molecule has 0 bridgehead atoms. The number of nitrogens with one attached hydrogen (secondary N) is 1. The van der Waals surface area contributed by atoms with Crippen LogP contribution in [-0.2, 0) is 4.79 Å². The van der Waals surface area contributed by atoms with Crippen molar-refractivity contribution in [2.45, 2.75) is 18.9 Å². The molecule has 1 aromatic rings. The van der Waals surface area contributed by atoms with Crippen LogP contribution in [0.15, 0.2) is 18.2 Å². The van der Waals surface area contributed by atoms with E-state index in [1.165, 1.54) is 6.07 Å². The van der Waals surface area contributed by atoms with Crippen LogP contribution in [0.25, 0.3) is 0 Å². The number of likely N-dealkylation sites (N-methyl/N-ethyl adjacent to an activating group) is 1. The molecule has 1 aromatic carbocycles. The van der Waals surface area contributed by atoms with Gasteiger partial charge in [-0.2, -0.15) is 0 Å². The maximum absolute atomic E-state index is 13.1. The summed E-state index contributed by atoms with van der Waals surface area (Å²) >= 11 is 0. The molecule has 2 N–H and O–H groups in total. The Morgan fingerprint density at radius 1 is 1.53 bits per heavy atom. The summed E-state index contributed by atoms with van der Waals surface area (Å²) in [7, 11) is 1.68. The van der Waals surface area contributed by atoms with Crippen LogP contribution >= 0.6 is 0 Å². The van der Waals surface area contributed by atoms with Gasteiger partial charge in [0.1, 0.15) is 0 Å². The molecule has 0 aliphatic carbocycles. The van der Waals surface area contributed by atoms with E-state index < -0.39 is 17.5 Å². The fourth-order valence-electron chi connectivity index (χ4n) is 2.05. The highest BCUT2D eigenvalue weighted by atomic mass is 19.1. The van der Waals surface area contributed by atoms with E-state index in [1.54, 1.807) is 11.9 Å². The van der Waals surface area contributed by atoms with E-state index in [1.807, 2.05) is 0 Å². The number of nitrogens with zero attached hydrogens (tertiary/aromatic N) is 1. The Bertz CT molecular complexity index is 519. The number of hydrogen-bond donors (Lipinski definition) is 2. The van der Waals surface area contributed by atoms with E-state index >= 15 is 0 Å². The van der Waals surface area contributed by atoms with Gasteiger partial charge >= 0.3 is 0 Å². The molecular weight excluding hydrogens is 251 g/mol. The number of amides is 2. The van der Waals surface area contributed by atoms with Crippen molar-refractivity contribution in [2.75, 3.05) is 13.6 Å². The van der Waals surface area contributed by atoms with Crippen molar-refractivity contribution < 1.29 is 19.1 Å². The molecule has 1 aliphatic rings. The lowest BCUT2D eigenvalue weighted by atomic mass is 10.0. The second kappa shape index (κ2) is 5.26. The molecule has 1 aliphatic heterocycles. The minimum atomic E-state index is -0.830. The third-order valence-corrected chi connectivity index (χ3v) is 3.17. The molecule has 19 heavy (non-hydrogen) atoms. The number of hydrogen-bond acceptors (Lipinski definition) is 3. The summed E-state index contributed by atoms with van der Waals surface area (Å²) < 4.78 is 13.1. The molecule has 2 rings (SSSR count). The zero-order valence-corrected chi connectivity index (χ0v) is 10.5. The van der Waals surface area contributed by atoms with E-state index in [4.69, 9.17) is 5.11 Å². The van der Waals surface area contributed by atoms with Gasteiger partial charge in [-0.25, -0.2) is 4.39 Å². The van der Waals surface area contributed by atoms with Crippen molar-refractivity contribution in [3.63, 3.8) is 0 Å². The highest BCUT2D eigenvalue weighted by molar-refractivity contribution is 5.94.